The first-order valence-electron chi connectivity index (χ1n) is 9.60. The first kappa shape index (κ1) is 20.2. The number of Topliss-reactive ketones (excluding diaryl/α,β-unsaturated/α-hetero) is 1. The minimum absolute atomic E-state index is 0.0564. The second kappa shape index (κ2) is 10.1. The van der Waals surface area contributed by atoms with Crippen molar-refractivity contribution < 1.29 is 15.0 Å². The van der Waals surface area contributed by atoms with E-state index in [0.717, 1.165) is 29.6 Å². The fourth-order valence-electron chi connectivity index (χ4n) is 3.43. The van der Waals surface area contributed by atoms with E-state index in [0.29, 0.717) is 38.0 Å². The van der Waals surface area contributed by atoms with Gasteiger partial charge in [0.15, 0.2) is 5.78 Å². The van der Waals surface area contributed by atoms with Gasteiger partial charge in [-0.25, -0.2) is 0 Å². The minimum atomic E-state index is -0.0841. The quantitative estimate of drug-likeness (QED) is 0.308. The third kappa shape index (κ3) is 5.03. The second-order valence-electron chi connectivity index (χ2n) is 6.83. The van der Waals surface area contributed by atoms with E-state index < -0.39 is 0 Å². The molecule has 1 aromatic heterocycles. The van der Waals surface area contributed by atoms with E-state index >= 15 is 0 Å². The highest BCUT2D eigenvalue weighted by Crippen LogP contribution is 2.36. The van der Waals surface area contributed by atoms with E-state index in [1.807, 2.05) is 18.2 Å². The monoisotopic (exact) mass is 385 g/mol. The molecule has 8 nitrogen and oxygen atoms in total. The third-order valence-corrected chi connectivity index (χ3v) is 4.85. The highest BCUT2D eigenvalue weighted by atomic mass is 16.3. The van der Waals surface area contributed by atoms with Crippen LogP contribution in [-0.4, -0.2) is 71.7 Å². The Balaban J connectivity index is 1.53. The summed E-state index contributed by atoms with van der Waals surface area (Å²) in [5.41, 5.74) is 2.28. The first-order valence-corrected chi connectivity index (χ1v) is 9.60. The van der Waals surface area contributed by atoms with Crippen molar-refractivity contribution in [2.45, 2.75) is 18.8 Å². The lowest BCUT2D eigenvalue weighted by Crippen LogP contribution is -2.30. The Morgan fingerprint density at radius 1 is 1.21 bits per heavy atom. The Bertz CT molecular complexity index is 858. The number of nitrogens with zero attached hydrogens (tertiary/aromatic N) is 2. The van der Waals surface area contributed by atoms with Crippen LogP contribution >= 0.6 is 0 Å². The number of ketones is 1. The van der Waals surface area contributed by atoms with Crippen molar-refractivity contribution >= 4 is 22.9 Å². The summed E-state index contributed by atoms with van der Waals surface area (Å²) in [5.74, 6) is -0.0372. The Labute approximate surface area is 163 Å². The fraction of sp³-hybridized carbons (Fsp3) is 0.450. The fourth-order valence-corrected chi connectivity index (χ4v) is 3.43. The van der Waals surface area contributed by atoms with E-state index in [4.69, 9.17) is 5.11 Å². The van der Waals surface area contributed by atoms with Gasteiger partial charge in [0.1, 0.15) is 5.76 Å². The van der Waals surface area contributed by atoms with Crippen LogP contribution in [0.25, 0.3) is 10.9 Å². The number of carbonyl (C=O) groups excluding carboxylic acids is 1. The van der Waals surface area contributed by atoms with Gasteiger partial charge >= 0.3 is 0 Å². The molecule has 8 heteroatoms. The number of benzene rings is 1. The summed E-state index contributed by atoms with van der Waals surface area (Å²) in [6, 6.07) is 5.87. The van der Waals surface area contributed by atoms with Gasteiger partial charge in [-0.15, -0.1) is 0 Å². The molecule has 1 aliphatic rings. The minimum Gasteiger partial charge on any atom is -0.511 e. The summed E-state index contributed by atoms with van der Waals surface area (Å²) in [5, 5.41) is 33.4. The summed E-state index contributed by atoms with van der Waals surface area (Å²) >= 11 is 0. The number of H-pyrrole nitrogens is 1. The molecule has 1 atom stereocenters. The molecule has 5 N–H and O–H groups in total. The van der Waals surface area contributed by atoms with E-state index in [1.54, 1.807) is 6.20 Å². The van der Waals surface area contributed by atoms with Gasteiger partial charge in [0.2, 0.25) is 0 Å². The van der Waals surface area contributed by atoms with E-state index in [-0.39, 0.29) is 24.1 Å². The van der Waals surface area contributed by atoms with Gasteiger partial charge in [-0.05, 0) is 17.5 Å². The van der Waals surface area contributed by atoms with Crippen LogP contribution < -0.4 is 10.6 Å². The maximum Gasteiger partial charge on any atom is 0.168 e. The number of carbonyl (C=O) groups is 1. The number of aliphatic hydroxyl groups excluding tert-OH is 2. The Morgan fingerprint density at radius 2 is 2.04 bits per heavy atom. The number of aromatic amines is 1. The molecule has 0 saturated carbocycles. The van der Waals surface area contributed by atoms with Crippen LogP contribution in [-0.2, 0) is 4.79 Å². The van der Waals surface area contributed by atoms with Gasteiger partial charge in [-0.2, -0.15) is 5.10 Å². The van der Waals surface area contributed by atoms with Crippen molar-refractivity contribution in [3.05, 3.63) is 41.3 Å². The van der Waals surface area contributed by atoms with Crippen LogP contribution in [0.2, 0.25) is 0 Å². The van der Waals surface area contributed by atoms with Crippen LogP contribution in [0, 0.1) is 0 Å². The molecule has 1 unspecified atom stereocenters. The maximum atomic E-state index is 12.6. The molecule has 1 aliphatic carbocycles. The SMILES string of the molecule is O=C1CC(c2cccc3[nH]ncc23)CC(O)=C1C=NCCNCCNCCO. The predicted molar refractivity (Wildman–Crippen MR) is 109 cm³/mol. The molecule has 1 heterocycles. The highest BCUT2D eigenvalue weighted by molar-refractivity contribution is 6.14. The van der Waals surface area contributed by atoms with Gasteiger partial charge in [0.25, 0.3) is 0 Å². The van der Waals surface area contributed by atoms with Crippen molar-refractivity contribution in [2.75, 3.05) is 39.3 Å². The van der Waals surface area contributed by atoms with E-state index in [2.05, 4.69) is 25.8 Å². The molecule has 28 heavy (non-hydrogen) atoms. The maximum absolute atomic E-state index is 12.6. The molecule has 0 amide bonds. The van der Waals surface area contributed by atoms with Gasteiger partial charge in [0, 0.05) is 50.6 Å². The topological polar surface area (TPSA) is 123 Å². The van der Waals surface area contributed by atoms with Gasteiger partial charge in [0.05, 0.1) is 30.4 Å². The average Bonchev–Trinajstić information content (AvgIpc) is 3.17. The first-order chi connectivity index (χ1) is 13.7. The summed E-state index contributed by atoms with van der Waals surface area (Å²) in [6.45, 7) is 3.50. The molecule has 0 saturated heterocycles. The summed E-state index contributed by atoms with van der Waals surface area (Å²) in [6.07, 6.45) is 4.04. The molecule has 1 aromatic carbocycles. The van der Waals surface area contributed by atoms with Crippen LogP contribution in [0.1, 0.15) is 24.3 Å². The zero-order valence-electron chi connectivity index (χ0n) is 15.8. The number of allylic oxidation sites excluding steroid dienone is 2. The van der Waals surface area contributed by atoms with Crippen molar-refractivity contribution in [2.24, 2.45) is 4.99 Å². The number of rotatable bonds is 10. The molecule has 0 spiro atoms. The highest BCUT2D eigenvalue weighted by Gasteiger charge is 2.28. The third-order valence-electron chi connectivity index (χ3n) is 4.85. The summed E-state index contributed by atoms with van der Waals surface area (Å²) in [4.78, 5) is 16.8. The number of aromatic nitrogens is 2. The lowest BCUT2D eigenvalue weighted by atomic mass is 9.82. The molecule has 3 rings (SSSR count). The molecule has 0 bridgehead atoms. The van der Waals surface area contributed by atoms with E-state index in [9.17, 15) is 9.90 Å². The van der Waals surface area contributed by atoms with Gasteiger partial charge < -0.3 is 20.8 Å². The van der Waals surface area contributed by atoms with Crippen LogP contribution in [0.15, 0.2) is 40.7 Å². The summed E-state index contributed by atoms with van der Waals surface area (Å²) < 4.78 is 0. The molecular weight excluding hydrogens is 358 g/mol. The number of fused-ring (bicyclic) bond motifs is 1. The number of aliphatic hydroxyl groups is 2. The van der Waals surface area contributed by atoms with Gasteiger partial charge in [-0.1, -0.05) is 12.1 Å². The molecular formula is C20H27N5O3. The largest absolute Gasteiger partial charge is 0.511 e. The lowest BCUT2D eigenvalue weighted by molar-refractivity contribution is -0.116. The van der Waals surface area contributed by atoms with Crippen molar-refractivity contribution in [1.82, 2.24) is 20.8 Å². The molecule has 0 fully saturated rings. The smallest absolute Gasteiger partial charge is 0.168 e. The molecule has 2 aromatic rings. The number of aliphatic imine (C=N–C) groups is 1. The normalized spacial score (nSPS) is 17.9. The second-order valence-corrected chi connectivity index (χ2v) is 6.83. The zero-order valence-corrected chi connectivity index (χ0v) is 15.8. The zero-order chi connectivity index (χ0) is 19.8. The van der Waals surface area contributed by atoms with Crippen LogP contribution in [0.3, 0.4) is 0 Å². The summed E-state index contributed by atoms with van der Waals surface area (Å²) in [7, 11) is 0. The predicted octanol–water partition coefficient (Wildman–Crippen LogP) is 1.06. The number of hydrogen-bond acceptors (Lipinski definition) is 7. The van der Waals surface area contributed by atoms with E-state index in [1.165, 1.54) is 6.21 Å². The molecule has 0 aliphatic heterocycles. The Hall–Kier alpha value is -2.55. The van der Waals surface area contributed by atoms with Crippen LogP contribution in [0.5, 0.6) is 0 Å². The van der Waals surface area contributed by atoms with Crippen molar-refractivity contribution in [3.8, 4) is 0 Å². The Kier molecular flexibility index (Phi) is 7.30. The van der Waals surface area contributed by atoms with Crippen LogP contribution in [0.4, 0.5) is 0 Å². The standard InChI is InChI=1S/C20H27N5O3/c26-9-8-22-5-4-21-6-7-23-12-17-19(27)10-14(11-20(17)28)15-2-1-3-18-16(15)13-24-25-18/h1-3,12-14,21-22,26-27H,4-11H2,(H,24,25). The van der Waals surface area contributed by atoms with Crippen molar-refractivity contribution in [1.29, 1.82) is 0 Å². The number of hydrogen-bond donors (Lipinski definition) is 5. The number of nitrogens with one attached hydrogen (secondary N) is 3. The Morgan fingerprint density at radius 3 is 2.82 bits per heavy atom. The average molecular weight is 385 g/mol. The molecule has 0 radical (unpaired) electrons. The van der Waals surface area contributed by atoms with Gasteiger partial charge in [-0.3, -0.25) is 14.9 Å². The lowest BCUT2D eigenvalue weighted by Gasteiger charge is -2.22. The van der Waals surface area contributed by atoms with Crippen molar-refractivity contribution in [3.63, 3.8) is 0 Å². The molecule has 150 valence electrons.